The maximum Gasteiger partial charge on any atom is 0.191 e. The van der Waals surface area contributed by atoms with Crippen LogP contribution < -0.4 is 15.2 Å². The second-order valence-corrected chi connectivity index (χ2v) is 5.12. The summed E-state index contributed by atoms with van der Waals surface area (Å²) in [6.07, 6.45) is 1.79. The molecule has 0 saturated carbocycles. The zero-order chi connectivity index (χ0) is 15.8. The van der Waals surface area contributed by atoms with Crippen LogP contribution in [0, 0.1) is 0 Å². The first kappa shape index (κ1) is 19.8. The summed E-state index contributed by atoms with van der Waals surface area (Å²) in [5.41, 5.74) is 7.13. The van der Waals surface area contributed by atoms with Crippen molar-refractivity contribution in [2.75, 3.05) is 47.1 Å². The fraction of sp³-hybridized carbons (Fsp3) is 0.562. The molecule has 0 unspecified atom stereocenters. The van der Waals surface area contributed by atoms with E-state index in [0.717, 1.165) is 56.2 Å². The van der Waals surface area contributed by atoms with Gasteiger partial charge in [-0.15, -0.1) is 24.0 Å². The Morgan fingerprint density at radius 3 is 2.65 bits per heavy atom. The molecule has 1 aromatic carbocycles. The highest BCUT2D eigenvalue weighted by atomic mass is 127. The van der Waals surface area contributed by atoms with Crippen LogP contribution in [0.2, 0.25) is 0 Å². The molecule has 7 heteroatoms. The summed E-state index contributed by atoms with van der Waals surface area (Å²) >= 11 is 0. The highest BCUT2D eigenvalue weighted by molar-refractivity contribution is 14.0. The number of morpholine rings is 1. The Balaban J connectivity index is 0.00000264. The summed E-state index contributed by atoms with van der Waals surface area (Å²) in [6, 6.07) is 5.84. The average molecular weight is 435 g/mol. The number of benzene rings is 1. The number of aryl methyl sites for hydroxylation is 1. The first-order chi connectivity index (χ1) is 10.7. The van der Waals surface area contributed by atoms with Gasteiger partial charge in [0.1, 0.15) is 11.5 Å². The number of halogens is 1. The largest absolute Gasteiger partial charge is 0.497 e. The molecule has 1 aliphatic heterocycles. The molecule has 2 N–H and O–H groups in total. The number of ether oxygens (including phenoxy) is 3. The van der Waals surface area contributed by atoms with Crippen molar-refractivity contribution in [3.63, 3.8) is 0 Å². The standard InChI is InChI=1S/C16H25N3O3.HI/c1-20-14-5-6-15(21-2)13(12-14)4-3-7-18-16(17)19-8-10-22-11-9-19;/h5-6,12H,3-4,7-11H2,1-2H3,(H2,17,18);1H. The fourth-order valence-corrected chi connectivity index (χ4v) is 2.43. The summed E-state index contributed by atoms with van der Waals surface area (Å²) in [4.78, 5) is 6.52. The Labute approximate surface area is 155 Å². The monoisotopic (exact) mass is 435 g/mol. The first-order valence-corrected chi connectivity index (χ1v) is 7.58. The minimum Gasteiger partial charge on any atom is -0.497 e. The first-order valence-electron chi connectivity index (χ1n) is 7.58. The molecule has 0 atom stereocenters. The molecule has 0 spiro atoms. The number of nitrogens with zero attached hydrogens (tertiary/aromatic N) is 2. The lowest BCUT2D eigenvalue weighted by Gasteiger charge is -2.27. The second-order valence-electron chi connectivity index (χ2n) is 5.12. The van der Waals surface area contributed by atoms with E-state index >= 15 is 0 Å². The van der Waals surface area contributed by atoms with Crippen molar-refractivity contribution in [2.24, 2.45) is 10.7 Å². The number of methoxy groups -OCH3 is 2. The maximum atomic E-state index is 6.01. The number of rotatable bonds is 6. The number of nitrogens with two attached hydrogens (primary N) is 1. The Hall–Kier alpha value is -1.22. The van der Waals surface area contributed by atoms with Gasteiger partial charge in [-0.2, -0.15) is 0 Å². The van der Waals surface area contributed by atoms with E-state index in [4.69, 9.17) is 19.9 Å². The minimum absolute atomic E-state index is 0. The van der Waals surface area contributed by atoms with Crippen molar-refractivity contribution in [1.29, 1.82) is 0 Å². The number of hydrogen-bond acceptors (Lipinski definition) is 4. The molecular weight excluding hydrogens is 409 g/mol. The van der Waals surface area contributed by atoms with E-state index in [1.54, 1.807) is 14.2 Å². The predicted molar refractivity (Wildman–Crippen MR) is 102 cm³/mol. The molecule has 1 aliphatic rings. The van der Waals surface area contributed by atoms with Gasteiger partial charge in [0.15, 0.2) is 5.96 Å². The summed E-state index contributed by atoms with van der Waals surface area (Å²) in [5.74, 6) is 2.33. The SMILES string of the molecule is COc1ccc(OC)c(CCCN=C(N)N2CCOCC2)c1.I. The highest BCUT2D eigenvalue weighted by Crippen LogP contribution is 2.25. The van der Waals surface area contributed by atoms with Crippen LogP contribution in [-0.2, 0) is 11.2 Å². The molecule has 1 aromatic rings. The van der Waals surface area contributed by atoms with Crippen molar-refractivity contribution in [3.05, 3.63) is 23.8 Å². The number of guanidine groups is 1. The average Bonchev–Trinajstić information content (AvgIpc) is 2.59. The molecule has 0 amide bonds. The van der Waals surface area contributed by atoms with Gasteiger partial charge in [0.05, 0.1) is 27.4 Å². The Bertz CT molecular complexity index is 505. The van der Waals surface area contributed by atoms with Gasteiger partial charge in [-0.25, -0.2) is 0 Å². The van der Waals surface area contributed by atoms with Crippen LogP contribution in [0.25, 0.3) is 0 Å². The van der Waals surface area contributed by atoms with E-state index in [1.807, 2.05) is 18.2 Å². The van der Waals surface area contributed by atoms with Gasteiger partial charge in [0.2, 0.25) is 0 Å². The smallest absolute Gasteiger partial charge is 0.191 e. The van der Waals surface area contributed by atoms with E-state index in [1.165, 1.54) is 0 Å². The topological polar surface area (TPSA) is 69.3 Å². The molecule has 130 valence electrons. The third-order valence-corrected chi connectivity index (χ3v) is 3.70. The molecule has 1 heterocycles. The molecule has 0 aromatic heterocycles. The Morgan fingerprint density at radius 1 is 1.26 bits per heavy atom. The molecule has 1 saturated heterocycles. The lowest BCUT2D eigenvalue weighted by molar-refractivity contribution is 0.0674. The van der Waals surface area contributed by atoms with Crippen molar-refractivity contribution in [1.82, 2.24) is 4.90 Å². The molecule has 23 heavy (non-hydrogen) atoms. The quantitative estimate of drug-likeness (QED) is 0.320. The summed E-state index contributed by atoms with van der Waals surface area (Å²) in [6.45, 7) is 3.77. The van der Waals surface area contributed by atoms with Gasteiger partial charge in [-0.1, -0.05) is 0 Å². The van der Waals surface area contributed by atoms with Crippen molar-refractivity contribution >= 4 is 29.9 Å². The molecule has 0 bridgehead atoms. The van der Waals surface area contributed by atoms with Crippen LogP contribution in [0.3, 0.4) is 0 Å². The second kappa shape index (κ2) is 10.5. The van der Waals surface area contributed by atoms with Crippen LogP contribution in [0.4, 0.5) is 0 Å². The summed E-state index contributed by atoms with van der Waals surface area (Å²) in [5, 5.41) is 0. The van der Waals surface area contributed by atoms with Crippen LogP contribution in [0.5, 0.6) is 11.5 Å². The van der Waals surface area contributed by atoms with Crippen molar-refractivity contribution < 1.29 is 14.2 Å². The van der Waals surface area contributed by atoms with Gasteiger partial charge in [-0.3, -0.25) is 4.99 Å². The zero-order valence-electron chi connectivity index (χ0n) is 13.8. The lowest BCUT2D eigenvalue weighted by Crippen LogP contribution is -2.44. The molecular formula is C16H26IN3O3. The minimum atomic E-state index is 0. The lowest BCUT2D eigenvalue weighted by atomic mass is 10.1. The normalized spacial score (nSPS) is 15.0. The van der Waals surface area contributed by atoms with Gasteiger partial charge >= 0.3 is 0 Å². The molecule has 0 radical (unpaired) electrons. The highest BCUT2D eigenvalue weighted by Gasteiger charge is 2.11. The van der Waals surface area contributed by atoms with Crippen LogP contribution in [-0.4, -0.2) is 57.9 Å². The number of hydrogen-bond donors (Lipinski definition) is 1. The van der Waals surface area contributed by atoms with Crippen molar-refractivity contribution in [3.8, 4) is 11.5 Å². The van der Waals surface area contributed by atoms with Crippen LogP contribution in [0.1, 0.15) is 12.0 Å². The fourth-order valence-electron chi connectivity index (χ4n) is 2.43. The molecule has 2 rings (SSSR count). The predicted octanol–water partition coefficient (Wildman–Crippen LogP) is 1.90. The molecule has 1 fully saturated rings. The van der Waals surface area contributed by atoms with Crippen LogP contribution in [0.15, 0.2) is 23.2 Å². The maximum absolute atomic E-state index is 6.01. The van der Waals surface area contributed by atoms with Gasteiger partial charge in [-0.05, 0) is 36.6 Å². The van der Waals surface area contributed by atoms with E-state index in [0.29, 0.717) is 12.5 Å². The van der Waals surface area contributed by atoms with Gasteiger partial charge < -0.3 is 24.8 Å². The summed E-state index contributed by atoms with van der Waals surface area (Å²) < 4.78 is 15.9. The molecule has 0 aliphatic carbocycles. The van der Waals surface area contributed by atoms with Crippen molar-refractivity contribution in [2.45, 2.75) is 12.8 Å². The van der Waals surface area contributed by atoms with Gasteiger partial charge in [0.25, 0.3) is 0 Å². The Morgan fingerprint density at radius 2 is 2.00 bits per heavy atom. The van der Waals surface area contributed by atoms with E-state index in [9.17, 15) is 0 Å². The van der Waals surface area contributed by atoms with Crippen LogP contribution >= 0.6 is 24.0 Å². The zero-order valence-corrected chi connectivity index (χ0v) is 16.1. The number of aliphatic imine (C=N–C) groups is 1. The van der Waals surface area contributed by atoms with E-state index < -0.39 is 0 Å². The van der Waals surface area contributed by atoms with E-state index in [-0.39, 0.29) is 24.0 Å². The Kier molecular flexibility index (Phi) is 9.08. The van der Waals surface area contributed by atoms with Gasteiger partial charge in [0, 0.05) is 19.6 Å². The third-order valence-electron chi connectivity index (χ3n) is 3.70. The van der Waals surface area contributed by atoms with E-state index in [2.05, 4.69) is 9.89 Å². The third kappa shape index (κ3) is 6.06. The molecule has 6 nitrogen and oxygen atoms in total. The summed E-state index contributed by atoms with van der Waals surface area (Å²) in [7, 11) is 3.35.